The van der Waals surface area contributed by atoms with E-state index in [1.807, 2.05) is 6.07 Å². The fourth-order valence-corrected chi connectivity index (χ4v) is 4.56. The summed E-state index contributed by atoms with van der Waals surface area (Å²) in [5.41, 5.74) is 6.60. The average molecular weight is 391 g/mol. The largest absolute Gasteiger partial charge is 0.285 e. The number of amides is 3. The number of aryl methyl sites for hydroxylation is 1. The fourth-order valence-electron chi connectivity index (χ4n) is 3.45. The minimum Gasteiger partial charge on any atom is -0.273 e. The first-order valence-electron chi connectivity index (χ1n) is 9.21. The number of hydrazone groups is 1. The zero-order valence-corrected chi connectivity index (χ0v) is 17.0. The van der Waals surface area contributed by atoms with Crippen molar-refractivity contribution in [3.05, 3.63) is 21.4 Å². The molecule has 1 unspecified atom stereocenters. The van der Waals surface area contributed by atoms with E-state index in [2.05, 4.69) is 36.7 Å². The summed E-state index contributed by atoms with van der Waals surface area (Å²) < 4.78 is 0. The third-order valence-electron chi connectivity index (χ3n) is 5.29. The molecule has 0 saturated carbocycles. The third kappa shape index (κ3) is 4.37. The summed E-state index contributed by atoms with van der Waals surface area (Å²) in [5.74, 6) is -0.333. The van der Waals surface area contributed by atoms with E-state index >= 15 is 0 Å². The second-order valence-electron chi connectivity index (χ2n) is 8.24. The highest BCUT2D eigenvalue weighted by Gasteiger charge is 2.30. The van der Waals surface area contributed by atoms with E-state index in [9.17, 15) is 14.4 Å². The van der Waals surface area contributed by atoms with Gasteiger partial charge in [-0.05, 0) is 42.2 Å². The number of hydrogen-bond acceptors (Lipinski definition) is 5. The summed E-state index contributed by atoms with van der Waals surface area (Å²) in [7, 11) is 1.51. The van der Waals surface area contributed by atoms with Crippen LogP contribution in [-0.4, -0.2) is 35.5 Å². The van der Waals surface area contributed by atoms with Crippen LogP contribution in [0.1, 0.15) is 60.1 Å². The third-order valence-corrected chi connectivity index (χ3v) is 6.53. The maximum atomic E-state index is 12.4. The first-order chi connectivity index (χ1) is 12.6. The van der Waals surface area contributed by atoms with Gasteiger partial charge in [-0.3, -0.25) is 25.2 Å². The van der Waals surface area contributed by atoms with Crippen LogP contribution in [0.3, 0.4) is 0 Å². The fraction of sp³-hybridized carbons (Fsp3) is 0.579. The van der Waals surface area contributed by atoms with Crippen LogP contribution >= 0.6 is 11.3 Å². The van der Waals surface area contributed by atoms with Crippen LogP contribution in [0.25, 0.3) is 0 Å². The zero-order chi connectivity index (χ0) is 19.8. The predicted octanol–water partition coefficient (Wildman–Crippen LogP) is 2.27. The van der Waals surface area contributed by atoms with Gasteiger partial charge in [0.25, 0.3) is 11.8 Å². The van der Waals surface area contributed by atoms with Crippen LogP contribution in [-0.2, 0) is 22.4 Å². The van der Waals surface area contributed by atoms with E-state index < -0.39 is 5.91 Å². The molecule has 8 heteroatoms. The highest BCUT2D eigenvalue weighted by atomic mass is 32.1. The Morgan fingerprint density at radius 1 is 1.19 bits per heavy atom. The maximum Gasteiger partial charge on any atom is 0.285 e. The first-order valence-corrected chi connectivity index (χ1v) is 10.0. The number of fused-ring (bicyclic) bond motifs is 1. The average Bonchev–Trinajstić information content (AvgIpc) is 3.04. The van der Waals surface area contributed by atoms with Gasteiger partial charge in [-0.2, -0.15) is 5.10 Å². The van der Waals surface area contributed by atoms with Gasteiger partial charge < -0.3 is 0 Å². The highest BCUT2D eigenvalue weighted by molar-refractivity contribution is 7.14. The van der Waals surface area contributed by atoms with Gasteiger partial charge in [-0.15, -0.1) is 11.3 Å². The molecule has 1 aliphatic heterocycles. The predicted molar refractivity (Wildman–Crippen MR) is 104 cm³/mol. The van der Waals surface area contributed by atoms with Gasteiger partial charge in [0.05, 0.1) is 4.88 Å². The number of carbonyl (C=O) groups is 3. The van der Waals surface area contributed by atoms with Crippen molar-refractivity contribution in [3.63, 3.8) is 0 Å². The van der Waals surface area contributed by atoms with Crippen LogP contribution in [0.4, 0.5) is 0 Å². The highest BCUT2D eigenvalue weighted by Crippen LogP contribution is 2.40. The van der Waals surface area contributed by atoms with Crippen molar-refractivity contribution < 1.29 is 14.4 Å². The Balaban J connectivity index is 1.60. The molecule has 0 aromatic carbocycles. The second-order valence-corrected chi connectivity index (χ2v) is 9.37. The van der Waals surface area contributed by atoms with Crippen molar-refractivity contribution >= 4 is 34.8 Å². The Morgan fingerprint density at radius 3 is 2.56 bits per heavy atom. The molecule has 1 atom stereocenters. The van der Waals surface area contributed by atoms with Crippen molar-refractivity contribution in [2.24, 2.45) is 16.4 Å². The molecule has 0 fully saturated rings. The Labute approximate surface area is 163 Å². The van der Waals surface area contributed by atoms with Gasteiger partial charge in [0.15, 0.2) is 0 Å². The van der Waals surface area contributed by atoms with Gasteiger partial charge in [-0.25, -0.2) is 5.01 Å². The lowest BCUT2D eigenvalue weighted by Crippen LogP contribution is -2.46. The van der Waals surface area contributed by atoms with Crippen molar-refractivity contribution in [1.82, 2.24) is 15.9 Å². The van der Waals surface area contributed by atoms with Gasteiger partial charge in [0.2, 0.25) is 5.91 Å². The summed E-state index contributed by atoms with van der Waals surface area (Å²) in [6.45, 7) is 6.78. The minimum atomic E-state index is -0.489. The van der Waals surface area contributed by atoms with Gasteiger partial charge >= 0.3 is 0 Å². The van der Waals surface area contributed by atoms with Crippen molar-refractivity contribution in [1.29, 1.82) is 0 Å². The molecule has 0 radical (unpaired) electrons. The number of carbonyl (C=O) groups excluding carboxylic acids is 3. The number of nitrogens with zero attached hydrogens (tertiary/aromatic N) is 2. The van der Waals surface area contributed by atoms with E-state index in [4.69, 9.17) is 0 Å². The Kier molecular flexibility index (Phi) is 5.37. The number of thiophene rings is 1. The van der Waals surface area contributed by atoms with E-state index in [1.54, 1.807) is 0 Å². The summed E-state index contributed by atoms with van der Waals surface area (Å²) in [4.78, 5) is 37.9. The van der Waals surface area contributed by atoms with E-state index in [-0.39, 0.29) is 35.8 Å². The molecule has 0 saturated heterocycles. The summed E-state index contributed by atoms with van der Waals surface area (Å²) in [6.07, 6.45) is 3.64. The number of rotatable bonds is 2. The van der Waals surface area contributed by atoms with Crippen molar-refractivity contribution in [2.75, 3.05) is 7.05 Å². The SMILES string of the molecule is CN1N=C(C(=O)NNC(=O)c2cc3c(s2)CCC(C(C)(C)C)C3)CCC1=O. The molecule has 2 N–H and O–H groups in total. The Hall–Kier alpha value is -2.22. The van der Waals surface area contributed by atoms with E-state index in [0.29, 0.717) is 10.8 Å². The summed E-state index contributed by atoms with van der Waals surface area (Å²) in [6, 6.07) is 1.95. The lowest BCUT2D eigenvalue weighted by atomic mass is 9.72. The monoisotopic (exact) mass is 390 g/mol. The zero-order valence-electron chi connectivity index (χ0n) is 16.2. The molecular formula is C19H26N4O3S. The van der Waals surface area contributed by atoms with Crippen LogP contribution < -0.4 is 10.9 Å². The van der Waals surface area contributed by atoms with E-state index in [0.717, 1.165) is 24.3 Å². The second kappa shape index (κ2) is 7.42. The molecule has 146 valence electrons. The molecule has 1 aromatic heterocycles. The molecular weight excluding hydrogens is 364 g/mol. The molecule has 7 nitrogen and oxygen atoms in total. The van der Waals surface area contributed by atoms with Crippen molar-refractivity contribution in [2.45, 2.75) is 52.9 Å². The number of hydrazine groups is 1. The topological polar surface area (TPSA) is 90.9 Å². The summed E-state index contributed by atoms with van der Waals surface area (Å²) >= 11 is 1.50. The van der Waals surface area contributed by atoms with Crippen LogP contribution in [0.2, 0.25) is 0 Å². The standard InChI is InChI=1S/C19H26N4O3S/c1-19(2,3)12-5-7-14-11(9-12)10-15(27-14)18(26)21-20-17(25)13-6-8-16(24)23(4)22-13/h10,12H,5-9H2,1-4H3,(H,20,25)(H,21,26). The van der Waals surface area contributed by atoms with Gasteiger partial charge in [0, 0.05) is 24.8 Å². The van der Waals surface area contributed by atoms with Crippen LogP contribution in [0.5, 0.6) is 0 Å². The lowest BCUT2D eigenvalue weighted by molar-refractivity contribution is -0.130. The normalized spacial score (nSPS) is 20.0. The Morgan fingerprint density at radius 2 is 1.89 bits per heavy atom. The number of nitrogens with one attached hydrogen (secondary N) is 2. The summed E-state index contributed by atoms with van der Waals surface area (Å²) in [5, 5.41) is 5.09. The molecule has 1 aliphatic carbocycles. The molecule has 1 aromatic rings. The van der Waals surface area contributed by atoms with E-state index in [1.165, 1.54) is 28.8 Å². The molecule has 27 heavy (non-hydrogen) atoms. The molecule has 0 bridgehead atoms. The first kappa shape index (κ1) is 19.5. The van der Waals surface area contributed by atoms with Crippen molar-refractivity contribution in [3.8, 4) is 0 Å². The molecule has 0 spiro atoms. The molecule has 3 rings (SSSR count). The molecule has 3 amide bonds. The quantitative estimate of drug-likeness (QED) is 0.759. The minimum absolute atomic E-state index is 0.131. The Bertz CT molecular complexity index is 806. The maximum absolute atomic E-state index is 12.4. The molecule has 2 heterocycles. The van der Waals surface area contributed by atoms with Gasteiger partial charge in [-0.1, -0.05) is 20.8 Å². The molecule has 2 aliphatic rings. The van der Waals surface area contributed by atoms with Crippen LogP contribution in [0.15, 0.2) is 11.2 Å². The smallest absolute Gasteiger partial charge is 0.273 e. The lowest BCUT2D eigenvalue weighted by Gasteiger charge is -2.33. The van der Waals surface area contributed by atoms with Gasteiger partial charge in [0.1, 0.15) is 5.71 Å². The van der Waals surface area contributed by atoms with Crippen LogP contribution in [0, 0.1) is 11.3 Å². The number of hydrogen-bond donors (Lipinski definition) is 2.